The van der Waals surface area contributed by atoms with Gasteiger partial charge < -0.3 is 9.53 Å². The van der Waals surface area contributed by atoms with Crippen molar-refractivity contribution in [3.63, 3.8) is 0 Å². The molecule has 0 saturated heterocycles. The van der Waals surface area contributed by atoms with Crippen molar-refractivity contribution in [2.24, 2.45) is 11.8 Å². The molecule has 2 saturated carbocycles. The van der Waals surface area contributed by atoms with E-state index < -0.39 is 13.9 Å². The highest BCUT2D eigenvalue weighted by atomic mass is 28.4. The van der Waals surface area contributed by atoms with Crippen molar-refractivity contribution in [1.29, 1.82) is 0 Å². The Morgan fingerprint density at radius 3 is 2.50 bits per heavy atom. The molecule has 0 heterocycles. The van der Waals surface area contributed by atoms with Gasteiger partial charge in [0.1, 0.15) is 11.2 Å². The van der Waals surface area contributed by atoms with E-state index in [0.29, 0.717) is 11.8 Å². The molecule has 3 aliphatic rings. The second-order valence-electron chi connectivity index (χ2n) is 8.77. The van der Waals surface area contributed by atoms with E-state index >= 15 is 0 Å². The second kappa shape index (κ2) is 4.20. The van der Waals surface area contributed by atoms with Crippen LogP contribution in [0.2, 0.25) is 18.1 Å². The molecule has 114 valence electrons. The summed E-state index contributed by atoms with van der Waals surface area (Å²) in [6.45, 7) is 11.4. The van der Waals surface area contributed by atoms with E-state index in [4.69, 9.17) is 4.43 Å². The fourth-order valence-corrected chi connectivity index (χ4v) is 5.57. The van der Waals surface area contributed by atoms with E-state index in [-0.39, 0.29) is 10.6 Å². The molecule has 0 bridgehead atoms. The minimum Gasteiger partial charge on any atom is -0.405 e. The summed E-state index contributed by atoms with van der Waals surface area (Å²) in [5, 5.41) is 11.4. The molecule has 0 aliphatic heterocycles. The van der Waals surface area contributed by atoms with Crippen molar-refractivity contribution in [3.8, 4) is 0 Å². The molecule has 0 radical (unpaired) electrons. The van der Waals surface area contributed by atoms with Gasteiger partial charge in [-0.25, -0.2) is 0 Å². The normalized spacial score (nSPS) is 43.9. The van der Waals surface area contributed by atoms with Crippen LogP contribution in [0.5, 0.6) is 0 Å². The van der Waals surface area contributed by atoms with Crippen LogP contribution in [0.25, 0.3) is 0 Å². The Kier molecular flexibility index (Phi) is 3.11. The van der Waals surface area contributed by atoms with Gasteiger partial charge in [0, 0.05) is 6.42 Å². The molecular weight excluding hydrogens is 264 g/mol. The molecule has 3 heteroatoms. The molecule has 0 amide bonds. The number of fused-ring (bicyclic) bond motifs is 3. The molecule has 4 atom stereocenters. The Hall–Kier alpha value is -0.123. The SMILES string of the molecule is CC(C)(C)[Si](C)(C)O[C@@]12C=C[C@H]3CCCC[C@H]3[C@]1(O)C2. The molecule has 20 heavy (non-hydrogen) atoms. The first-order valence-electron chi connectivity index (χ1n) is 8.23. The average Bonchev–Trinajstić information content (AvgIpc) is 2.93. The second-order valence-corrected chi connectivity index (χ2v) is 13.5. The molecule has 3 rings (SSSR count). The number of hydrogen-bond acceptors (Lipinski definition) is 2. The van der Waals surface area contributed by atoms with Crippen molar-refractivity contribution in [2.45, 2.75) is 82.2 Å². The molecule has 2 fully saturated rings. The smallest absolute Gasteiger partial charge is 0.193 e. The quantitative estimate of drug-likeness (QED) is 0.609. The van der Waals surface area contributed by atoms with Crippen LogP contribution in [0.1, 0.15) is 52.9 Å². The van der Waals surface area contributed by atoms with Crippen molar-refractivity contribution >= 4 is 8.32 Å². The zero-order valence-corrected chi connectivity index (χ0v) is 14.7. The Balaban J connectivity index is 1.85. The summed E-state index contributed by atoms with van der Waals surface area (Å²) in [7, 11) is -1.84. The fourth-order valence-electron chi connectivity index (χ4n) is 4.03. The Bertz CT molecular complexity index is 437. The van der Waals surface area contributed by atoms with Crippen LogP contribution >= 0.6 is 0 Å². The van der Waals surface area contributed by atoms with Crippen LogP contribution in [-0.2, 0) is 4.43 Å². The Labute approximate surface area is 124 Å². The monoisotopic (exact) mass is 294 g/mol. The van der Waals surface area contributed by atoms with Gasteiger partial charge in [-0.2, -0.15) is 0 Å². The van der Waals surface area contributed by atoms with E-state index in [2.05, 4.69) is 46.0 Å². The van der Waals surface area contributed by atoms with Crippen LogP contribution in [0, 0.1) is 11.8 Å². The van der Waals surface area contributed by atoms with Gasteiger partial charge in [0.2, 0.25) is 0 Å². The number of aliphatic hydroxyl groups is 1. The summed E-state index contributed by atoms with van der Waals surface area (Å²) in [6.07, 6.45) is 10.4. The van der Waals surface area contributed by atoms with Crippen molar-refractivity contribution in [1.82, 2.24) is 0 Å². The fraction of sp³-hybridized carbons (Fsp3) is 0.882. The molecule has 1 N–H and O–H groups in total. The van der Waals surface area contributed by atoms with Gasteiger partial charge in [0.25, 0.3) is 0 Å². The summed E-state index contributed by atoms with van der Waals surface area (Å²) in [5.41, 5.74) is -0.920. The van der Waals surface area contributed by atoms with E-state index in [0.717, 1.165) is 6.42 Å². The lowest BCUT2D eigenvalue weighted by Crippen LogP contribution is -2.50. The van der Waals surface area contributed by atoms with E-state index in [1.165, 1.54) is 25.7 Å². The minimum absolute atomic E-state index is 0.197. The maximum atomic E-state index is 11.2. The first kappa shape index (κ1) is 14.8. The molecule has 2 nitrogen and oxygen atoms in total. The maximum Gasteiger partial charge on any atom is 0.193 e. The van der Waals surface area contributed by atoms with Crippen LogP contribution in [-0.4, -0.2) is 24.6 Å². The highest BCUT2D eigenvalue weighted by molar-refractivity contribution is 6.74. The lowest BCUT2D eigenvalue weighted by molar-refractivity contribution is -0.0255. The van der Waals surface area contributed by atoms with E-state index in [1.807, 2.05) is 0 Å². The molecule has 0 spiro atoms. The topological polar surface area (TPSA) is 29.5 Å². The predicted molar refractivity (Wildman–Crippen MR) is 85.2 cm³/mol. The summed E-state index contributed by atoms with van der Waals surface area (Å²) >= 11 is 0. The van der Waals surface area contributed by atoms with Crippen LogP contribution in [0.3, 0.4) is 0 Å². The lowest BCUT2D eigenvalue weighted by atomic mass is 9.71. The molecule has 0 aromatic heterocycles. The summed E-state index contributed by atoms with van der Waals surface area (Å²) < 4.78 is 6.66. The molecule has 0 aromatic rings. The molecular formula is C17H30O2Si. The van der Waals surface area contributed by atoms with E-state index in [1.54, 1.807) is 0 Å². The van der Waals surface area contributed by atoms with Crippen molar-refractivity contribution in [3.05, 3.63) is 12.2 Å². The van der Waals surface area contributed by atoms with Gasteiger partial charge in [-0.1, -0.05) is 45.8 Å². The van der Waals surface area contributed by atoms with E-state index in [9.17, 15) is 5.11 Å². The summed E-state index contributed by atoms with van der Waals surface area (Å²) in [4.78, 5) is 0. The van der Waals surface area contributed by atoms with Gasteiger partial charge in [-0.15, -0.1) is 0 Å². The first-order valence-corrected chi connectivity index (χ1v) is 11.1. The zero-order chi connectivity index (χ0) is 14.8. The van der Waals surface area contributed by atoms with Crippen LogP contribution in [0.4, 0.5) is 0 Å². The highest BCUT2D eigenvalue weighted by Crippen LogP contribution is 2.65. The van der Waals surface area contributed by atoms with Gasteiger partial charge in [0.05, 0.1) is 0 Å². The average molecular weight is 295 g/mol. The molecule has 0 aromatic carbocycles. The molecule has 0 unspecified atom stereocenters. The van der Waals surface area contributed by atoms with Gasteiger partial charge in [-0.3, -0.25) is 0 Å². The third kappa shape index (κ3) is 1.97. The van der Waals surface area contributed by atoms with Crippen molar-refractivity contribution in [2.75, 3.05) is 0 Å². The van der Waals surface area contributed by atoms with Crippen LogP contribution in [0.15, 0.2) is 12.2 Å². The van der Waals surface area contributed by atoms with Gasteiger partial charge in [-0.05, 0) is 42.8 Å². The molecule has 3 aliphatic carbocycles. The number of rotatable bonds is 2. The zero-order valence-electron chi connectivity index (χ0n) is 13.7. The number of allylic oxidation sites excluding steroid dienone is 1. The Morgan fingerprint density at radius 2 is 1.85 bits per heavy atom. The third-order valence-corrected chi connectivity index (χ3v) is 10.9. The van der Waals surface area contributed by atoms with Crippen LogP contribution < -0.4 is 0 Å². The maximum absolute atomic E-state index is 11.2. The number of hydrogen-bond donors (Lipinski definition) is 1. The van der Waals surface area contributed by atoms with Crippen molar-refractivity contribution < 1.29 is 9.53 Å². The minimum atomic E-state index is -1.84. The first-order chi connectivity index (χ1) is 9.11. The van der Waals surface area contributed by atoms with Gasteiger partial charge in [0.15, 0.2) is 8.32 Å². The lowest BCUT2D eigenvalue weighted by Gasteiger charge is -2.44. The third-order valence-electron chi connectivity index (χ3n) is 6.43. The highest BCUT2D eigenvalue weighted by Gasteiger charge is 2.74. The summed E-state index contributed by atoms with van der Waals surface area (Å²) in [6, 6.07) is 0. The standard InChI is InChI=1S/C17H30O2Si/c1-15(2,3)20(4,5)19-16-11-10-13-8-6-7-9-14(13)17(16,18)12-16/h10-11,13-14,18H,6-9,12H2,1-5H3/t13-,14-,16-,17-/m1/s1. The largest absolute Gasteiger partial charge is 0.405 e. The summed E-state index contributed by atoms with van der Waals surface area (Å²) in [5.74, 6) is 1.03. The Morgan fingerprint density at radius 1 is 1.20 bits per heavy atom. The van der Waals surface area contributed by atoms with Gasteiger partial charge >= 0.3 is 0 Å². The predicted octanol–water partition coefficient (Wildman–Crippen LogP) is 4.26.